The van der Waals surface area contributed by atoms with Gasteiger partial charge < -0.3 is 18.3 Å². The largest absolute Gasteiger partial charge is 0.309 e. The first-order chi connectivity index (χ1) is 38.7. The lowest BCUT2D eigenvalue weighted by Crippen LogP contribution is -2.12. The van der Waals surface area contributed by atoms with Crippen molar-refractivity contribution in [2.75, 3.05) is 0 Å². The van der Waals surface area contributed by atoms with Gasteiger partial charge in [-0.3, -0.25) is 15.0 Å². The zero-order valence-corrected chi connectivity index (χ0v) is 41.8. The highest BCUT2D eigenvalue weighted by molar-refractivity contribution is 6.22. The molecule has 0 aliphatic carbocycles. The highest BCUT2D eigenvalue weighted by atomic mass is 15.1. The molecule has 0 saturated carbocycles. The van der Waals surface area contributed by atoms with Gasteiger partial charge in [-0.05, 0) is 109 Å². The van der Waals surface area contributed by atoms with Crippen LogP contribution in [0.3, 0.4) is 0 Å². The molecule has 9 aromatic carbocycles. The minimum absolute atomic E-state index is 0.452. The summed E-state index contributed by atoms with van der Waals surface area (Å²) in [5.74, 6) is 0. The van der Waals surface area contributed by atoms with E-state index in [0.717, 1.165) is 115 Å². The maximum absolute atomic E-state index is 12.7. The molecular weight excluding hydrogens is 953 g/mol. The smallest absolute Gasteiger partial charge is 0.104 e. The van der Waals surface area contributed by atoms with E-state index in [-0.39, 0.29) is 0 Å². The lowest BCUT2D eigenvalue weighted by molar-refractivity contribution is 1.11. The molecule has 0 N–H and O–H groups in total. The summed E-state index contributed by atoms with van der Waals surface area (Å²) >= 11 is 0. The number of rotatable bonds is 7. The maximum Gasteiger partial charge on any atom is 0.104 e. The first kappa shape index (κ1) is 43.5. The third kappa shape index (κ3) is 6.24. The van der Waals surface area contributed by atoms with Gasteiger partial charge in [0.05, 0.1) is 72.6 Å². The Bertz CT molecular complexity index is 4830. The lowest BCUT2D eigenvalue weighted by Gasteiger charge is -2.26. The van der Waals surface area contributed by atoms with Crippen molar-refractivity contribution in [2.45, 2.75) is 0 Å². The predicted molar refractivity (Wildman–Crippen MR) is 318 cm³/mol. The Morgan fingerprint density at radius 1 is 0.269 bits per heavy atom. The second-order valence-electron chi connectivity index (χ2n) is 19.8. The van der Waals surface area contributed by atoms with Crippen LogP contribution in [0.1, 0.15) is 5.56 Å². The first-order valence-corrected chi connectivity index (χ1v) is 26.2. The number of fused-ring (bicyclic) bond motifs is 12. The normalized spacial score (nSPS) is 11.8. The Balaban J connectivity index is 1.16. The summed E-state index contributed by atoms with van der Waals surface area (Å²) in [6.07, 6.45) is 5.51. The van der Waals surface area contributed by atoms with Gasteiger partial charge in [0.25, 0.3) is 0 Å². The number of para-hydroxylation sites is 6. The molecule has 0 aliphatic rings. The molecule has 0 spiro atoms. The van der Waals surface area contributed by atoms with Crippen LogP contribution in [0, 0.1) is 11.3 Å². The van der Waals surface area contributed by atoms with Crippen LogP contribution in [0.2, 0.25) is 0 Å². The van der Waals surface area contributed by atoms with Gasteiger partial charge in [0, 0.05) is 89.7 Å². The quantitative estimate of drug-likeness (QED) is 0.159. The van der Waals surface area contributed by atoms with Crippen LogP contribution in [0.5, 0.6) is 0 Å². The number of aromatic nitrogens is 7. The van der Waals surface area contributed by atoms with E-state index in [2.05, 4.69) is 212 Å². The van der Waals surface area contributed by atoms with E-state index < -0.39 is 0 Å². The Labute approximate surface area is 446 Å². The molecule has 7 heterocycles. The van der Waals surface area contributed by atoms with Gasteiger partial charge in [0.2, 0.25) is 0 Å². The minimum atomic E-state index is 0.452. The van der Waals surface area contributed by atoms with Crippen molar-refractivity contribution in [2.24, 2.45) is 0 Å². The molecule has 0 unspecified atom stereocenters. The summed E-state index contributed by atoms with van der Waals surface area (Å²) in [5, 5.41) is 21.5. The van der Waals surface area contributed by atoms with Crippen molar-refractivity contribution in [3.63, 3.8) is 0 Å². The molecular formula is C70H42N8. The lowest BCUT2D eigenvalue weighted by atomic mass is 9.86. The number of nitriles is 1. The highest BCUT2D eigenvalue weighted by Gasteiger charge is 2.34. The van der Waals surface area contributed by atoms with E-state index in [9.17, 15) is 5.26 Å². The Hall–Kier alpha value is -10.9. The summed E-state index contributed by atoms with van der Waals surface area (Å²) in [7, 11) is 0. The third-order valence-corrected chi connectivity index (χ3v) is 15.7. The van der Waals surface area contributed by atoms with E-state index in [1.807, 2.05) is 67.1 Å². The summed E-state index contributed by atoms with van der Waals surface area (Å²) in [5.41, 5.74) is 16.4. The number of pyridine rings is 3. The Morgan fingerprint density at radius 3 is 0.923 bits per heavy atom. The second kappa shape index (κ2) is 17.1. The number of hydrogen-bond acceptors (Lipinski definition) is 4. The van der Waals surface area contributed by atoms with Crippen LogP contribution < -0.4 is 0 Å². The summed E-state index contributed by atoms with van der Waals surface area (Å²) in [6.45, 7) is 0. The van der Waals surface area contributed by atoms with Crippen molar-refractivity contribution in [1.82, 2.24) is 33.2 Å². The molecule has 0 saturated heterocycles. The van der Waals surface area contributed by atoms with Gasteiger partial charge in [-0.1, -0.05) is 127 Å². The van der Waals surface area contributed by atoms with E-state index in [4.69, 9.17) is 15.0 Å². The molecule has 7 aromatic heterocycles. The molecule has 0 fully saturated rings. The van der Waals surface area contributed by atoms with E-state index in [1.165, 1.54) is 0 Å². The molecule has 8 heteroatoms. The Morgan fingerprint density at radius 2 is 0.577 bits per heavy atom. The van der Waals surface area contributed by atoms with Crippen LogP contribution in [0.4, 0.5) is 0 Å². The molecule has 8 nitrogen and oxygen atoms in total. The van der Waals surface area contributed by atoms with Crippen molar-refractivity contribution in [3.8, 4) is 62.6 Å². The van der Waals surface area contributed by atoms with Crippen LogP contribution in [0.15, 0.2) is 255 Å². The molecule has 0 radical (unpaired) electrons. The van der Waals surface area contributed by atoms with Gasteiger partial charge in [-0.15, -0.1) is 0 Å². The van der Waals surface area contributed by atoms with Gasteiger partial charge in [-0.25, -0.2) is 0 Å². The molecule has 0 atom stereocenters. The zero-order valence-electron chi connectivity index (χ0n) is 41.8. The molecule has 0 amide bonds. The summed E-state index contributed by atoms with van der Waals surface area (Å²) in [4.78, 5) is 15.6. The van der Waals surface area contributed by atoms with Crippen molar-refractivity contribution in [3.05, 3.63) is 261 Å². The number of nitrogens with zero attached hydrogens (tertiary/aromatic N) is 8. The van der Waals surface area contributed by atoms with Crippen LogP contribution in [-0.2, 0) is 0 Å². The van der Waals surface area contributed by atoms with Crippen LogP contribution >= 0.6 is 0 Å². The van der Waals surface area contributed by atoms with Gasteiger partial charge in [0.15, 0.2) is 0 Å². The standard InChI is InChI=1S/C70H42N8/c71-43-54-69(77-60-34-13-9-27-48(60)52-39-50-46-25-7-11-32-58(46)75(62(50)41-64(52)77)44-21-3-1-4-22-44)67(56-30-16-19-37-73-56)66(55-29-15-18-36-72-55)68(57-31-17-20-38-74-57)70(54)78-61-35-14-10-28-49(61)53-40-51-47-26-8-12-33-59(47)76(63(51)42-65(53)78)45-23-5-2-6-24-45/h1-42H. The third-order valence-electron chi connectivity index (χ3n) is 15.7. The second-order valence-corrected chi connectivity index (χ2v) is 19.8. The van der Waals surface area contributed by atoms with E-state index >= 15 is 0 Å². The average Bonchev–Trinajstić information content (AvgIpc) is 3.87. The van der Waals surface area contributed by atoms with Gasteiger partial charge in [0.1, 0.15) is 11.6 Å². The highest BCUT2D eigenvalue weighted by Crippen LogP contribution is 2.52. The summed E-state index contributed by atoms with van der Waals surface area (Å²) < 4.78 is 9.38. The maximum atomic E-state index is 12.7. The topological polar surface area (TPSA) is 82.2 Å². The fourth-order valence-corrected chi connectivity index (χ4v) is 12.6. The van der Waals surface area contributed by atoms with Gasteiger partial charge in [-0.2, -0.15) is 5.26 Å². The molecule has 78 heavy (non-hydrogen) atoms. The van der Waals surface area contributed by atoms with E-state index in [1.54, 1.807) is 0 Å². The zero-order chi connectivity index (χ0) is 51.4. The van der Waals surface area contributed by atoms with Crippen LogP contribution in [-0.4, -0.2) is 33.2 Å². The Kier molecular flexibility index (Phi) is 9.53. The molecule has 362 valence electrons. The number of hydrogen-bond donors (Lipinski definition) is 0. The monoisotopic (exact) mass is 994 g/mol. The van der Waals surface area contributed by atoms with E-state index in [0.29, 0.717) is 34.0 Å². The van der Waals surface area contributed by atoms with Crippen molar-refractivity contribution >= 4 is 87.2 Å². The minimum Gasteiger partial charge on any atom is -0.309 e. The summed E-state index contributed by atoms with van der Waals surface area (Å²) in [6, 6.07) is 86.0. The van der Waals surface area contributed by atoms with Crippen molar-refractivity contribution in [1.29, 1.82) is 5.26 Å². The molecule has 0 bridgehead atoms. The fraction of sp³-hybridized carbons (Fsp3) is 0. The average molecular weight is 995 g/mol. The SMILES string of the molecule is N#Cc1c(-n2c3ccccc3c3cc4c5ccccc5n(-c5ccccc5)c4cc32)c(-c2ccccn2)c(-c2ccccn2)c(-c2ccccn2)c1-n1c2ccccc2c2cc3c4ccccc4n(-c4ccccc4)c3cc21. The van der Waals surface area contributed by atoms with Crippen molar-refractivity contribution < 1.29 is 0 Å². The first-order valence-electron chi connectivity index (χ1n) is 26.2. The number of benzene rings is 9. The van der Waals surface area contributed by atoms with Crippen LogP contribution in [0.25, 0.3) is 144 Å². The fourth-order valence-electron chi connectivity index (χ4n) is 12.6. The molecule has 16 rings (SSSR count). The molecule has 16 aromatic rings. The molecule has 0 aliphatic heterocycles. The van der Waals surface area contributed by atoms with Gasteiger partial charge >= 0.3 is 0 Å². The predicted octanol–water partition coefficient (Wildman–Crippen LogP) is 17.1.